The van der Waals surface area contributed by atoms with Crippen molar-refractivity contribution in [2.24, 2.45) is 15.3 Å². The number of nitrogens with zero attached hydrogens (tertiary/aromatic N) is 5. The number of phenols is 1. The van der Waals surface area contributed by atoms with Crippen LogP contribution in [0.4, 0.5) is 17.3 Å². The number of benzene rings is 3. The number of anilines is 1. The molecule has 0 aliphatic heterocycles. The fourth-order valence-electron chi connectivity index (χ4n) is 2.92. The van der Waals surface area contributed by atoms with Crippen LogP contribution in [0.15, 0.2) is 99.0 Å². The number of nitrogens with one attached hydrogen (secondary N) is 2. The van der Waals surface area contributed by atoms with Crippen LogP contribution >= 0.6 is 0 Å². The molecule has 160 valence electrons. The number of phenolic OH excluding ortho intramolecular Hbond substituents is 1. The molecule has 0 radical (unpaired) electrons. The van der Waals surface area contributed by atoms with Gasteiger partial charge in [0.2, 0.25) is 5.95 Å². The van der Waals surface area contributed by atoms with Crippen molar-refractivity contribution in [2.45, 2.75) is 0 Å². The number of azo groups is 1. The summed E-state index contributed by atoms with van der Waals surface area (Å²) in [7, 11) is 0. The van der Waals surface area contributed by atoms with Crippen molar-refractivity contribution >= 4 is 23.5 Å². The van der Waals surface area contributed by atoms with Gasteiger partial charge in [-0.3, -0.25) is 9.78 Å². The normalized spacial score (nSPS) is 11.0. The van der Waals surface area contributed by atoms with E-state index in [4.69, 9.17) is 0 Å². The molecule has 9 heteroatoms. The summed E-state index contributed by atoms with van der Waals surface area (Å²) in [6, 6.07) is 24.8. The zero-order chi connectivity index (χ0) is 23.0. The Labute approximate surface area is 188 Å². The van der Waals surface area contributed by atoms with E-state index in [9.17, 15) is 15.2 Å². The van der Waals surface area contributed by atoms with Crippen LogP contribution in [0.25, 0.3) is 11.3 Å². The van der Waals surface area contributed by atoms with Crippen molar-refractivity contribution in [3.05, 3.63) is 100 Å². The summed E-state index contributed by atoms with van der Waals surface area (Å²) in [5.74, 6) is 0.0407. The Kier molecular flexibility index (Phi) is 6.28. The lowest BCUT2D eigenvalue weighted by Gasteiger charge is -2.06. The molecule has 3 aromatic carbocycles. The molecule has 33 heavy (non-hydrogen) atoms. The molecular formula is C24H17N7O2. The predicted octanol–water partition coefficient (Wildman–Crippen LogP) is 4.88. The molecular weight excluding hydrogens is 418 g/mol. The molecule has 9 nitrogen and oxygen atoms in total. The van der Waals surface area contributed by atoms with E-state index in [-0.39, 0.29) is 23.0 Å². The standard InChI is InChI=1S/C24H17N7O2/c25-14-20-22(16-7-3-1-4-8-16)27-24(28-23(20)33)31-26-15-17-13-19(11-12-21(17)32)30-29-18-9-5-2-6-10-18/h1-13,15,32H,(H2,27,28,31,33). The molecule has 0 spiro atoms. The number of H-pyrrole nitrogens is 1. The van der Waals surface area contributed by atoms with E-state index in [1.807, 2.05) is 42.5 Å². The largest absolute Gasteiger partial charge is 0.507 e. The minimum absolute atomic E-state index is 0.00883. The van der Waals surface area contributed by atoms with Gasteiger partial charge in [-0.2, -0.15) is 20.6 Å². The van der Waals surface area contributed by atoms with Crippen LogP contribution in [0.1, 0.15) is 11.1 Å². The van der Waals surface area contributed by atoms with E-state index in [1.54, 1.807) is 36.4 Å². The fraction of sp³-hybridized carbons (Fsp3) is 0. The molecule has 1 heterocycles. The maximum atomic E-state index is 12.3. The average Bonchev–Trinajstić information content (AvgIpc) is 2.85. The molecule has 0 fully saturated rings. The molecule has 0 saturated heterocycles. The third kappa shape index (κ3) is 5.15. The van der Waals surface area contributed by atoms with Crippen molar-refractivity contribution in [1.29, 1.82) is 5.26 Å². The van der Waals surface area contributed by atoms with Crippen LogP contribution in [0, 0.1) is 11.3 Å². The van der Waals surface area contributed by atoms with Crippen LogP contribution in [-0.4, -0.2) is 21.3 Å². The quantitative estimate of drug-likeness (QED) is 0.225. The molecule has 0 saturated carbocycles. The van der Waals surface area contributed by atoms with Gasteiger partial charge in [0.25, 0.3) is 5.56 Å². The number of hydrogen-bond acceptors (Lipinski definition) is 8. The van der Waals surface area contributed by atoms with Gasteiger partial charge in [0.1, 0.15) is 17.4 Å². The van der Waals surface area contributed by atoms with Crippen LogP contribution in [-0.2, 0) is 0 Å². The third-order valence-electron chi connectivity index (χ3n) is 4.50. The highest BCUT2D eigenvalue weighted by Gasteiger charge is 2.12. The molecule has 4 aromatic rings. The lowest BCUT2D eigenvalue weighted by molar-refractivity contribution is 0.474. The molecule has 0 amide bonds. The minimum atomic E-state index is -0.588. The summed E-state index contributed by atoms with van der Waals surface area (Å²) < 4.78 is 0. The summed E-state index contributed by atoms with van der Waals surface area (Å²) in [5.41, 5.74) is 4.42. The Hall–Kier alpha value is -5.10. The Balaban J connectivity index is 1.56. The lowest BCUT2D eigenvalue weighted by Crippen LogP contribution is -2.16. The summed E-state index contributed by atoms with van der Waals surface area (Å²) in [4.78, 5) is 19.1. The highest BCUT2D eigenvalue weighted by Crippen LogP contribution is 2.24. The van der Waals surface area contributed by atoms with Crippen LogP contribution in [0.2, 0.25) is 0 Å². The molecule has 0 atom stereocenters. The third-order valence-corrected chi connectivity index (χ3v) is 4.50. The number of aromatic amines is 1. The first-order chi connectivity index (χ1) is 16.1. The summed E-state index contributed by atoms with van der Waals surface area (Å²) in [6.07, 6.45) is 1.36. The topological polar surface area (TPSA) is 139 Å². The Morgan fingerprint density at radius 2 is 1.67 bits per heavy atom. The second kappa shape index (κ2) is 9.80. The molecule has 1 aromatic heterocycles. The second-order valence-electron chi connectivity index (χ2n) is 6.76. The Morgan fingerprint density at radius 3 is 2.39 bits per heavy atom. The van der Waals surface area contributed by atoms with E-state index >= 15 is 0 Å². The van der Waals surface area contributed by atoms with Crippen LogP contribution < -0.4 is 11.0 Å². The number of aromatic hydroxyl groups is 1. The zero-order valence-corrected chi connectivity index (χ0v) is 17.2. The number of rotatable bonds is 6. The highest BCUT2D eigenvalue weighted by atomic mass is 16.3. The zero-order valence-electron chi connectivity index (χ0n) is 17.2. The van der Waals surface area contributed by atoms with Crippen molar-refractivity contribution in [1.82, 2.24) is 9.97 Å². The van der Waals surface area contributed by atoms with Gasteiger partial charge in [-0.1, -0.05) is 48.5 Å². The monoisotopic (exact) mass is 435 g/mol. The molecule has 0 unspecified atom stereocenters. The average molecular weight is 435 g/mol. The number of nitriles is 1. The van der Waals surface area contributed by atoms with Crippen molar-refractivity contribution < 1.29 is 5.11 Å². The number of hydrogen-bond donors (Lipinski definition) is 3. The molecule has 0 bridgehead atoms. The summed E-state index contributed by atoms with van der Waals surface area (Å²) in [6.45, 7) is 0. The lowest BCUT2D eigenvalue weighted by atomic mass is 10.1. The van der Waals surface area contributed by atoms with Gasteiger partial charge in [-0.15, -0.1) is 0 Å². The maximum Gasteiger partial charge on any atom is 0.270 e. The van der Waals surface area contributed by atoms with E-state index in [1.165, 1.54) is 12.3 Å². The van der Waals surface area contributed by atoms with Crippen LogP contribution in [0.5, 0.6) is 5.75 Å². The first-order valence-electron chi connectivity index (χ1n) is 9.83. The van der Waals surface area contributed by atoms with E-state index in [0.29, 0.717) is 22.5 Å². The maximum absolute atomic E-state index is 12.3. The Bertz CT molecular complexity index is 1420. The summed E-state index contributed by atoms with van der Waals surface area (Å²) in [5, 5.41) is 31.8. The molecule has 3 N–H and O–H groups in total. The summed E-state index contributed by atoms with van der Waals surface area (Å²) >= 11 is 0. The van der Waals surface area contributed by atoms with Gasteiger partial charge < -0.3 is 5.11 Å². The number of hydrazone groups is 1. The van der Waals surface area contributed by atoms with Gasteiger partial charge >= 0.3 is 0 Å². The minimum Gasteiger partial charge on any atom is -0.507 e. The van der Waals surface area contributed by atoms with Gasteiger partial charge in [-0.25, -0.2) is 10.4 Å². The predicted molar refractivity (Wildman–Crippen MR) is 125 cm³/mol. The van der Waals surface area contributed by atoms with Gasteiger partial charge in [0, 0.05) is 11.1 Å². The van der Waals surface area contributed by atoms with Gasteiger partial charge in [0.05, 0.1) is 23.3 Å². The first-order valence-corrected chi connectivity index (χ1v) is 9.83. The fourth-order valence-corrected chi connectivity index (χ4v) is 2.92. The molecule has 4 rings (SSSR count). The molecule has 0 aliphatic carbocycles. The van der Waals surface area contributed by atoms with Crippen molar-refractivity contribution in [3.63, 3.8) is 0 Å². The number of aromatic nitrogens is 2. The van der Waals surface area contributed by atoms with Crippen molar-refractivity contribution in [2.75, 3.05) is 5.43 Å². The van der Waals surface area contributed by atoms with Gasteiger partial charge in [-0.05, 0) is 30.3 Å². The van der Waals surface area contributed by atoms with E-state index in [2.05, 4.69) is 30.7 Å². The Morgan fingerprint density at radius 1 is 0.970 bits per heavy atom. The SMILES string of the molecule is N#Cc1c(-c2ccccc2)nc(NN=Cc2cc(N=Nc3ccccc3)ccc2O)[nH]c1=O. The van der Waals surface area contributed by atoms with Crippen molar-refractivity contribution in [3.8, 4) is 23.1 Å². The smallest absolute Gasteiger partial charge is 0.270 e. The van der Waals surface area contributed by atoms with Crippen LogP contribution in [0.3, 0.4) is 0 Å². The molecule has 0 aliphatic rings. The van der Waals surface area contributed by atoms with E-state index < -0.39 is 5.56 Å². The van der Waals surface area contributed by atoms with Gasteiger partial charge in [0.15, 0.2) is 0 Å². The van der Waals surface area contributed by atoms with E-state index in [0.717, 1.165) is 0 Å². The highest BCUT2D eigenvalue weighted by molar-refractivity contribution is 5.85. The first kappa shape index (κ1) is 21.1. The second-order valence-corrected chi connectivity index (χ2v) is 6.76.